The van der Waals surface area contributed by atoms with Crippen molar-refractivity contribution in [1.29, 1.82) is 0 Å². The molecule has 0 aliphatic heterocycles. The van der Waals surface area contributed by atoms with Gasteiger partial charge in [-0.2, -0.15) is 0 Å². The predicted molar refractivity (Wildman–Crippen MR) is 74.3 cm³/mol. The summed E-state index contributed by atoms with van der Waals surface area (Å²) < 4.78 is 11.0. The van der Waals surface area contributed by atoms with E-state index >= 15 is 0 Å². The first-order chi connectivity index (χ1) is 9.58. The summed E-state index contributed by atoms with van der Waals surface area (Å²) in [6.45, 7) is 5.99. The van der Waals surface area contributed by atoms with E-state index in [1.54, 1.807) is 6.92 Å². The molecule has 0 spiro atoms. The van der Waals surface area contributed by atoms with Crippen molar-refractivity contribution < 1.29 is 9.15 Å². The molecule has 20 heavy (non-hydrogen) atoms. The Morgan fingerprint density at radius 2 is 2.10 bits per heavy atom. The molecule has 0 radical (unpaired) electrons. The van der Waals surface area contributed by atoms with Crippen LogP contribution in [-0.4, -0.2) is 21.2 Å². The zero-order valence-corrected chi connectivity index (χ0v) is 12.1. The Morgan fingerprint density at radius 3 is 2.75 bits per heavy atom. The topological polar surface area (TPSA) is 87.1 Å². The second kappa shape index (κ2) is 6.47. The minimum atomic E-state index is 0.0808. The van der Waals surface area contributed by atoms with Crippen molar-refractivity contribution >= 4 is 0 Å². The number of nitrogens with two attached hydrogens (primary N) is 1. The first kappa shape index (κ1) is 14.5. The fraction of sp³-hybridized carbons (Fsp3) is 0.500. The molecule has 108 valence electrons. The van der Waals surface area contributed by atoms with Gasteiger partial charge in [0.05, 0.1) is 5.69 Å². The van der Waals surface area contributed by atoms with Gasteiger partial charge in [0.1, 0.15) is 5.75 Å². The maximum absolute atomic E-state index is 6.00. The highest BCUT2D eigenvalue weighted by atomic mass is 16.5. The molecule has 2 N–H and O–H groups in total. The van der Waals surface area contributed by atoms with Gasteiger partial charge in [0.15, 0.2) is 6.61 Å². The standard InChI is InChI=1S/C14H20N4O2/c1-4-11(15)7-12-13(6-5-9(2)16-12)19-8-14-18-17-10(3)20-14/h5-6,11H,4,7-8,15H2,1-3H3. The van der Waals surface area contributed by atoms with Gasteiger partial charge in [-0.1, -0.05) is 6.92 Å². The van der Waals surface area contributed by atoms with Gasteiger partial charge in [0, 0.05) is 25.1 Å². The van der Waals surface area contributed by atoms with Crippen LogP contribution in [-0.2, 0) is 13.0 Å². The minimum Gasteiger partial charge on any atom is -0.482 e. The lowest BCUT2D eigenvalue weighted by Crippen LogP contribution is -2.22. The van der Waals surface area contributed by atoms with Crippen molar-refractivity contribution in [2.24, 2.45) is 5.73 Å². The average molecular weight is 276 g/mol. The number of rotatable bonds is 6. The van der Waals surface area contributed by atoms with Crippen LogP contribution >= 0.6 is 0 Å². The first-order valence-electron chi connectivity index (χ1n) is 6.72. The van der Waals surface area contributed by atoms with E-state index in [0.717, 1.165) is 23.6 Å². The molecule has 6 heteroatoms. The summed E-state index contributed by atoms with van der Waals surface area (Å²) in [7, 11) is 0. The van der Waals surface area contributed by atoms with Gasteiger partial charge in [-0.05, 0) is 25.5 Å². The van der Waals surface area contributed by atoms with Crippen LogP contribution in [0.4, 0.5) is 0 Å². The van der Waals surface area contributed by atoms with Crippen molar-refractivity contribution in [3.8, 4) is 5.75 Å². The van der Waals surface area contributed by atoms with Crippen LogP contribution in [0.3, 0.4) is 0 Å². The molecule has 2 rings (SSSR count). The number of aromatic nitrogens is 3. The summed E-state index contributed by atoms with van der Waals surface area (Å²) in [6.07, 6.45) is 1.59. The van der Waals surface area contributed by atoms with Crippen molar-refractivity contribution in [3.63, 3.8) is 0 Å². The molecular formula is C14H20N4O2. The summed E-state index contributed by atoms with van der Waals surface area (Å²) in [5.74, 6) is 1.70. The lowest BCUT2D eigenvalue weighted by Gasteiger charge is -2.13. The minimum absolute atomic E-state index is 0.0808. The van der Waals surface area contributed by atoms with Gasteiger partial charge in [0.2, 0.25) is 5.89 Å². The molecule has 1 unspecified atom stereocenters. The van der Waals surface area contributed by atoms with E-state index in [4.69, 9.17) is 14.9 Å². The van der Waals surface area contributed by atoms with Gasteiger partial charge < -0.3 is 14.9 Å². The number of hydrogen-bond donors (Lipinski definition) is 1. The summed E-state index contributed by atoms with van der Waals surface area (Å²) in [5.41, 5.74) is 7.82. The van der Waals surface area contributed by atoms with Gasteiger partial charge in [-0.3, -0.25) is 4.98 Å². The van der Waals surface area contributed by atoms with Crippen LogP contribution in [0, 0.1) is 13.8 Å². The Labute approximate surface area is 118 Å². The Bertz CT molecular complexity index is 568. The number of nitrogens with zero attached hydrogens (tertiary/aromatic N) is 3. The molecular weight excluding hydrogens is 256 g/mol. The molecule has 0 aromatic carbocycles. The quantitative estimate of drug-likeness (QED) is 0.867. The van der Waals surface area contributed by atoms with E-state index < -0.39 is 0 Å². The maximum atomic E-state index is 6.00. The van der Waals surface area contributed by atoms with Crippen molar-refractivity contribution in [3.05, 3.63) is 35.3 Å². The van der Waals surface area contributed by atoms with Crippen LogP contribution in [0.5, 0.6) is 5.75 Å². The predicted octanol–water partition coefficient (Wildman–Crippen LogP) is 1.94. The summed E-state index contributed by atoms with van der Waals surface area (Å²) >= 11 is 0. The largest absolute Gasteiger partial charge is 0.482 e. The van der Waals surface area contributed by atoms with Gasteiger partial charge in [-0.15, -0.1) is 10.2 Å². The van der Waals surface area contributed by atoms with Crippen LogP contribution < -0.4 is 10.5 Å². The average Bonchev–Trinajstić information content (AvgIpc) is 2.83. The molecule has 0 bridgehead atoms. The van der Waals surface area contributed by atoms with E-state index in [1.165, 1.54) is 0 Å². The third kappa shape index (κ3) is 3.77. The lowest BCUT2D eigenvalue weighted by molar-refractivity contribution is 0.256. The van der Waals surface area contributed by atoms with Gasteiger partial charge in [-0.25, -0.2) is 0 Å². The monoisotopic (exact) mass is 276 g/mol. The number of hydrogen-bond acceptors (Lipinski definition) is 6. The fourth-order valence-electron chi connectivity index (χ4n) is 1.80. The Kier molecular flexibility index (Phi) is 4.68. The molecule has 2 aromatic heterocycles. The zero-order valence-electron chi connectivity index (χ0n) is 12.1. The number of pyridine rings is 1. The normalized spacial score (nSPS) is 12.4. The number of aryl methyl sites for hydroxylation is 2. The molecule has 2 aromatic rings. The molecule has 1 atom stereocenters. The smallest absolute Gasteiger partial charge is 0.253 e. The van der Waals surface area contributed by atoms with E-state index in [1.807, 2.05) is 19.1 Å². The van der Waals surface area contributed by atoms with E-state index in [2.05, 4.69) is 22.1 Å². The van der Waals surface area contributed by atoms with Gasteiger partial charge in [0.25, 0.3) is 5.89 Å². The lowest BCUT2D eigenvalue weighted by atomic mass is 10.1. The molecule has 0 amide bonds. The molecule has 0 aliphatic rings. The highest BCUT2D eigenvalue weighted by molar-refractivity contribution is 5.30. The van der Waals surface area contributed by atoms with Crippen LogP contribution in [0.25, 0.3) is 0 Å². The van der Waals surface area contributed by atoms with E-state index in [9.17, 15) is 0 Å². The van der Waals surface area contributed by atoms with Gasteiger partial charge >= 0.3 is 0 Å². The molecule has 6 nitrogen and oxygen atoms in total. The highest BCUT2D eigenvalue weighted by Crippen LogP contribution is 2.20. The SMILES string of the molecule is CCC(N)Cc1nc(C)ccc1OCc1nnc(C)o1. The summed E-state index contributed by atoms with van der Waals surface area (Å²) in [4.78, 5) is 4.51. The van der Waals surface area contributed by atoms with Crippen LogP contribution in [0.2, 0.25) is 0 Å². The molecule has 0 saturated carbocycles. The molecule has 2 heterocycles. The Balaban J connectivity index is 2.09. The molecule has 0 saturated heterocycles. The Hall–Kier alpha value is -1.95. The number of ether oxygens (including phenoxy) is 1. The van der Waals surface area contributed by atoms with E-state index in [-0.39, 0.29) is 12.6 Å². The molecule has 0 aliphatic carbocycles. The highest BCUT2D eigenvalue weighted by Gasteiger charge is 2.11. The second-order valence-corrected chi connectivity index (χ2v) is 4.77. The second-order valence-electron chi connectivity index (χ2n) is 4.77. The van der Waals surface area contributed by atoms with Crippen molar-refractivity contribution in [1.82, 2.24) is 15.2 Å². The van der Waals surface area contributed by atoms with Crippen molar-refractivity contribution in [2.45, 2.75) is 46.3 Å². The van der Waals surface area contributed by atoms with Crippen molar-refractivity contribution in [2.75, 3.05) is 0 Å². The Morgan fingerprint density at radius 1 is 1.30 bits per heavy atom. The summed E-state index contributed by atoms with van der Waals surface area (Å²) in [5, 5.41) is 7.66. The van der Waals surface area contributed by atoms with E-state index in [0.29, 0.717) is 18.2 Å². The fourth-order valence-corrected chi connectivity index (χ4v) is 1.80. The van der Waals surface area contributed by atoms with Crippen LogP contribution in [0.1, 0.15) is 36.5 Å². The third-order valence-corrected chi connectivity index (χ3v) is 2.97. The van der Waals surface area contributed by atoms with Crippen LogP contribution in [0.15, 0.2) is 16.5 Å². The third-order valence-electron chi connectivity index (χ3n) is 2.97. The molecule has 0 fully saturated rings. The zero-order chi connectivity index (χ0) is 14.5. The maximum Gasteiger partial charge on any atom is 0.253 e. The first-order valence-corrected chi connectivity index (χ1v) is 6.72. The summed E-state index contributed by atoms with van der Waals surface area (Å²) in [6, 6.07) is 3.90.